The van der Waals surface area contributed by atoms with Crippen molar-refractivity contribution in [2.45, 2.75) is 12.8 Å². The van der Waals surface area contributed by atoms with Crippen molar-refractivity contribution >= 4 is 17.8 Å². The van der Waals surface area contributed by atoms with Crippen LogP contribution < -0.4 is 5.32 Å². The van der Waals surface area contributed by atoms with Gasteiger partial charge >= 0.3 is 6.01 Å². The number of likely N-dealkylation sites (tertiary alicyclic amines) is 1. The van der Waals surface area contributed by atoms with Crippen molar-refractivity contribution in [1.29, 1.82) is 0 Å². The summed E-state index contributed by atoms with van der Waals surface area (Å²) in [6.07, 6.45) is 1.05. The molecule has 2 aromatic carbocycles. The summed E-state index contributed by atoms with van der Waals surface area (Å²) in [5, 5.41) is 10.5. The highest BCUT2D eigenvalue weighted by Crippen LogP contribution is 2.23. The van der Waals surface area contributed by atoms with E-state index in [-0.39, 0.29) is 29.6 Å². The summed E-state index contributed by atoms with van der Waals surface area (Å²) in [6.45, 7) is 0.904. The number of rotatable bonds is 4. The van der Waals surface area contributed by atoms with E-state index in [1.54, 1.807) is 4.90 Å². The maximum atomic E-state index is 13.0. The SMILES string of the molecule is O=C(Nc1nnc(-c2ccccc2)o1)C1CCN(C(=O)c2ccc(F)cc2)CC1. The number of aromatic nitrogens is 2. The van der Waals surface area contributed by atoms with Crippen molar-refractivity contribution in [1.82, 2.24) is 15.1 Å². The number of anilines is 1. The molecule has 0 bridgehead atoms. The predicted molar refractivity (Wildman–Crippen MR) is 103 cm³/mol. The minimum atomic E-state index is -0.381. The third-order valence-corrected chi connectivity index (χ3v) is 4.92. The molecule has 3 aromatic rings. The number of hydrogen-bond acceptors (Lipinski definition) is 5. The smallest absolute Gasteiger partial charge is 0.322 e. The van der Waals surface area contributed by atoms with Crippen molar-refractivity contribution in [3.63, 3.8) is 0 Å². The van der Waals surface area contributed by atoms with E-state index in [0.717, 1.165) is 5.56 Å². The molecule has 0 atom stereocenters. The minimum absolute atomic E-state index is 0.0543. The molecule has 1 saturated heterocycles. The van der Waals surface area contributed by atoms with Gasteiger partial charge in [0, 0.05) is 30.1 Å². The summed E-state index contributed by atoms with van der Waals surface area (Å²) in [5.74, 6) is -0.663. The Bertz CT molecular complexity index is 996. The third kappa shape index (κ3) is 4.31. The van der Waals surface area contributed by atoms with E-state index >= 15 is 0 Å². The highest BCUT2D eigenvalue weighted by molar-refractivity contribution is 5.95. The van der Waals surface area contributed by atoms with Crippen molar-refractivity contribution in [3.05, 3.63) is 66.0 Å². The molecule has 2 heterocycles. The zero-order valence-corrected chi connectivity index (χ0v) is 15.5. The Morgan fingerprint density at radius 2 is 1.69 bits per heavy atom. The number of hydrogen-bond donors (Lipinski definition) is 1. The van der Waals surface area contributed by atoms with Crippen LogP contribution in [0.5, 0.6) is 0 Å². The van der Waals surface area contributed by atoms with Gasteiger partial charge < -0.3 is 9.32 Å². The van der Waals surface area contributed by atoms with E-state index in [4.69, 9.17) is 4.42 Å². The van der Waals surface area contributed by atoms with Crippen LogP contribution in [0.2, 0.25) is 0 Å². The van der Waals surface area contributed by atoms with Gasteiger partial charge in [0.05, 0.1) is 0 Å². The second kappa shape index (κ2) is 8.22. The molecule has 1 aromatic heterocycles. The molecule has 1 aliphatic heterocycles. The van der Waals surface area contributed by atoms with Gasteiger partial charge in [0.15, 0.2) is 0 Å². The molecule has 0 spiro atoms. The standard InChI is InChI=1S/C21H19FN4O3/c22-17-8-6-16(7-9-17)20(28)26-12-10-14(11-13-26)18(27)23-21-25-24-19(29-21)15-4-2-1-3-5-15/h1-9,14H,10-13H2,(H,23,25,27). The summed E-state index contributed by atoms with van der Waals surface area (Å²) < 4.78 is 18.5. The van der Waals surface area contributed by atoms with Gasteiger partial charge in [-0.05, 0) is 49.2 Å². The number of amides is 2. The van der Waals surface area contributed by atoms with Gasteiger partial charge in [0.25, 0.3) is 5.91 Å². The molecular weight excluding hydrogens is 375 g/mol. The zero-order chi connectivity index (χ0) is 20.2. The van der Waals surface area contributed by atoms with Crippen molar-refractivity contribution in [2.24, 2.45) is 5.92 Å². The molecule has 29 heavy (non-hydrogen) atoms. The Hall–Kier alpha value is -3.55. The van der Waals surface area contributed by atoms with Gasteiger partial charge in [0.2, 0.25) is 11.8 Å². The number of piperidine rings is 1. The first kappa shape index (κ1) is 18.8. The lowest BCUT2D eigenvalue weighted by Gasteiger charge is -2.31. The topological polar surface area (TPSA) is 88.3 Å². The van der Waals surface area contributed by atoms with Gasteiger partial charge in [-0.1, -0.05) is 23.3 Å². The summed E-state index contributed by atoms with van der Waals surface area (Å²) in [5.41, 5.74) is 1.21. The molecule has 7 nitrogen and oxygen atoms in total. The second-order valence-corrected chi connectivity index (χ2v) is 6.84. The van der Waals surface area contributed by atoms with E-state index in [9.17, 15) is 14.0 Å². The molecule has 148 valence electrons. The molecule has 8 heteroatoms. The number of halogens is 1. The maximum absolute atomic E-state index is 13.0. The Labute approximate surface area is 166 Å². The monoisotopic (exact) mass is 394 g/mol. The van der Waals surface area contributed by atoms with Crippen LogP contribution in [0.15, 0.2) is 59.0 Å². The Morgan fingerprint density at radius 3 is 2.38 bits per heavy atom. The van der Waals surface area contributed by atoms with Gasteiger partial charge in [-0.25, -0.2) is 4.39 Å². The van der Waals surface area contributed by atoms with E-state index in [2.05, 4.69) is 15.5 Å². The Balaban J connectivity index is 1.32. The number of benzene rings is 2. The van der Waals surface area contributed by atoms with Crippen LogP contribution in [0.25, 0.3) is 11.5 Å². The lowest BCUT2D eigenvalue weighted by atomic mass is 9.95. The van der Waals surface area contributed by atoms with Gasteiger partial charge in [-0.3, -0.25) is 14.9 Å². The number of carbonyl (C=O) groups excluding carboxylic acids is 2. The fraction of sp³-hybridized carbons (Fsp3) is 0.238. The Morgan fingerprint density at radius 1 is 1.00 bits per heavy atom. The normalized spacial score (nSPS) is 14.6. The van der Waals surface area contributed by atoms with Crippen molar-refractivity contribution in [3.8, 4) is 11.5 Å². The molecule has 4 rings (SSSR count). The van der Waals surface area contributed by atoms with Crippen LogP contribution in [-0.4, -0.2) is 40.0 Å². The largest absolute Gasteiger partial charge is 0.403 e. The molecular formula is C21H19FN4O3. The number of nitrogens with one attached hydrogen (secondary N) is 1. The third-order valence-electron chi connectivity index (χ3n) is 4.92. The Kier molecular flexibility index (Phi) is 5.33. The molecule has 1 fully saturated rings. The van der Waals surface area contributed by atoms with Crippen LogP contribution in [0.3, 0.4) is 0 Å². The van der Waals surface area contributed by atoms with Gasteiger partial charge in [-0.15, -0.1) is 5.10 Å². The summed E-state index contributed by atoms with van der Waals surface area (Å²) in [7, 11) is 0. The minimum Gasteiger partial charge on any atom is -0.403 e. The first-order valence-electron chi connectivity index (χ1n) is 9.35. The first-order chi connectivity index (χ1) is 14.1. The average molecular weight is 394 g/mol. The first-order valence-corrected chi connectivity index (χ1v) is 9.35. The number of nitrogens with zero attached hydrogens (tertiary/aromatic N) is 3. The summed E-state index contributed by atoms with van der Waals surface area (Å²) in [4.78, 5) is 26.7. The second-order valence-electron chi connectivity index (χ2n) is 6.84. The maximum Gasteiger partial charge on any atom is 0.322 e. The summed E-state index contributed by atoms with van der Waals surface area (Å²) in [6, 6.07) is 14.8. The van der Waals surface area contributed by atoms with E-state index in [1.807, 2.05) is 30.3 Å². The van der Waals surface area contributed by atoms with E-state index < -0.39 is 0 Å². The van der Waals surface area contributed by atoms with Crippen LogP contribution >= 0.6 is 0 Å². The fourth-order valence-electron chi connectivity index (χ4n) is 3.30. The van der Waals surface area contributed by atoms with Crippen LogP contribution in [0, 0.1) is 11.7 Å². The van der Waals surface area contributed by atoms with Crippen molar-refractivity contribution < 1.29 is 18.4 Å². The molecule has 0 aliphatic carbocycles. The molecule has 1 aliphatic rings. The lowest BCUT2D eigenvalue weighted by molar-refractivity contribution is -0.121. The quantitative estimate of drug-likeness (QED) is 0.733. The van der Waals surface area contributed by atoms with Crippen LogP contribution in [0.4, 0.5) is 10.4 Å². The average Bonchev–Trinajstić information content (AvgIpc) is 3.23. The predicted octanol–water partition coefficient (Wildman–Crippen LogP) is 3.37. The van der Waals surface area contributed by atoms with Crippen LogP contribution in [0.1, 0.15) is 23.2 Å². The molecule has 2 amide bonds. The van der Waals surface area contributed by atoms with Crippen LogP contribution in [-0.2, 0) is 4.79 Å². The zero-order valence-electron chi connectivity index (χ0n) is 15.5. The molecule has 0 unspecified atom stereocenters. The molecule has 0 radical (unpaired) electrons. The highest BCUT2D eigenvalue weighted by Gasteiger charge is 2.28. The van der Waals surface area contributed by atoms with E-state index in [1.165, 1.54) is 24.3 Å². The molecule has 1 N–H and O–H groups in total. The van der Waals surface area contributed by atoms with Gasteiger partial charge in [0.1, 0.15) is 5.82 Å². The lowest BCUT2D eigenvalue weighted by Crippen LogP contribution is -2.41. The van der Waals surface area contributed by atoms with Crippen molar-refractivity contribution in [2.75, 3.05) is 18.4 Å². The highest BCUT2D eigenvalue weighted by atomic mass is 19.1. The van der Waals surface area contributed by atoms with Gasteiger partial charge in [-0.2, -0.15) is 0 Å². The number of carbonyl (C=O) groups is 2. The van der Waals surface area contributed by atoms with E-state index in [0.29, 0.717) is 37.4 Å². The molecule has 0 saturated carbocycles. The fourth-order valence-corrected chi connectivity index (χ4v) is 3.30. The summed E-state index contributed by atoms with van der Waals surface area (Å²) >= 11 is 0.